The molecule has 0 saturated carbocycles. The number of ether oxygens (including phenoxy) is 1. The lowest BCUT2D eigenvalue weighted by molar-refractivity contribution is 0.293. The van der Waals surface area contributed by atoms with E-state index < -0.39 is 0 Å². The number of aromatic nitrogens is 2. The van der Waals surface area contributed by atoms with Crippen LogP contribution in [0.1, 0.15) is 71.1 Å². The van der Waals surface area contributed by atoms with Crippen molar-refractivity contribution in [3.8, 4) is 5.88 Å². The molecule has 2 rings (SSSR count). The third kappa shape index (κ3) is 6.30. The van der Waals surface area contributed by atoms with E-state index in [1.165, 1.54) is 57.8 Å². The summed E-state index contributed by atoms with van der Waals surface area (Å²) in [5.41, 5.74) is 1.89. The predicted octanol–water partition coefficient (Wildman–Crippen LogP) is 5.99. The van der Waals surface area contributed by atoms with Crippen LogP contribution in [0.4, 0.5) is 0 Å². The van der Waals surface area contributed by atoms with Crippen LogP contribution in [0.5, 0.6) is 5.88 Å². The van der Waals surface area contributed by atoms with Gasteiger partial charge in [-0.1, -0.05) is 64.7 Å². The normalized spacial score (nSPS) is 11.1. The third-order valence-corrected chi connectivity index (χ3v) is 4.63. The minimum absolute atomic E-state index is 0.654. The van der Waals surface area contributed by atoms with Gasteiger partial charge < -0.3 is 4.74 Å². The lowest BCUT2D eigenvalue weighted by Gasteiger charge is -2.05. The maximum absolute atomic E-state index is 5.69. The first kappa shape index (κ1) is 17.2. The lowest BCUT2D eigenvalue weighted by Crippen LogP contribution is -1.99. The summed E-state index contributed by atoms with van der Waals surface area (Å²) >= 11 is 1.63. The molecule has 0 saturated heterocycles. The van der Waals surface area contributed by atoms with Crippen molar-refractivity contribution in [2.75, 3.05) is 6.61 Å². The van der Waals surface area contributed by atoms with Gasteiger partial charge in [-0.3, -0.25) is 0 Å². The molecule has 0 aliphatic heterocycles. The van der Waals surface area contributed by atoms with Gasteiger partial charge in [-0.2, -0.15) is 0 Å². The summed E-state index contributed by atoms with van der Waals surface area (Å²) in [7, 11) is 0. The zero-order valence-electron chi connectivity index (χ0n) is 13.7. The molecule has 4 heteroatoms. The van der Waals surface area contributed by atoms with Gasteiger partial charge in [0.2, 0.25) is 5.88 Å². The standard InChI is InChI=1S/C18H28N2OS/c1-2-3-4-5-6-7-8-9-10-11-12-21-18-13-19-16-14-22-15-17(16)20-18/h13-15H,2-12H2,1H3. The Morgan fingerprint density at radius 3 is 2.23 bits per heavy atom. The fraction of sp³-hybridized carbons (Fsp3) is 0.667. The topological polar surface area (TPSA) is 35.0 Å². The van der Waals surface area contributed by atoms with Crippen molar-refractivity contribution in [1.82, 2.24) is 9.97 Å². The van der Waals surface area contributed by atoms with Crippen molar-refractivity contribution in [1.29, 1.82) is 0 Å². The van der Waals surface area contributed by atoms with Crippen molar-refractivity contribution in [2.24, 2.45) is 0 Å². The zero-order chi connectivity index (χ0) is 15.5. The number of thiophene rings is 1. The van der Waals surface area contributed by atoms with Gasteiger partial charge in [-0.05, 0) is 6.42 Å². The summed E-state index contributed by atoms with van der Waals surface area (Å²) in [5, 5.41) is 4.02. The minimum Gasteiger partial charge on any atom is -0.477 e. The van der Waals surface area contributed by atoms with Crippen molar-refractivity contribution in [3.63, 3.8) is 0 Å². The molecule has 2 heterocycles. The highest BCUT2D eigenvalue weighted by Gasteiger charge is 2.01. The van der Waals surface area contributed by atoms with E-state index in [1.54, 1.807) is 17.5 Å². The number of fused-ring (bicyclic) bond motifs is 1. The molecule has 0 spiro atoms. The quantitative estimate of drug-likeness (QED) is 0.450. The highest BCUT2D eigenvalue weighted by atomic mass is 32.1. The average molecular weight is 321 g/mol. The maximum atomic E-state index is 5.69. The summed E-state index contributed by atoms with van der Waals surface area (Å²) in [5.74, 6) is 0.654. The molecule has 0 N–H and O–H groups in total. The van der Waals surface area contributed by atoms with Crippen LogP contribution in [0.25, 0.3) is 11.0 Å². The van der Waals surface area contributed by atoms with E-state index in [9.17, 15) is 0 Å². The van der Waals surface area contributed by atoms with E-state index in [4.69, 9.17) is 4.74 Å². The summed E-state index contributed by atoms with van der Waals surface area (Å²) < 4.78 is 5.69. The Balaban J connectivity index is 1.45. The fourth-order valence-electron chi connectivity index (χ4n) is 2.57. The number of unbranched alkanes of at least 4 members (excludes halogenated alkanes) is 9. The fourth-order valence-corrected chi connectivity index (χ4v) is 3.25. The Morgan fingerprint density at radius 1 is 0.864 bits per heavy atom. The smallest absolute Gasteiger partial charge is 0.232 e. The Labute approximate surface area is 138 Å². The van der Waals surface area contributed by atoms with Crippen LogP contribution >= 0.6 is 11.3 Å². The van der Waals surface area contributed by atoms with Crippen molar-refractivity contribution in [3.05, 3.63) is 17.0 Å². The maximum Gasteiger partial charge on any atom is 0.232 e. The number of rotatable bonds is 12. The highest BCUT2D eigenvalue weighted by molar-refractivity contribution is 7.09. The second-order valence-electron chi connectivity index (χ2n) is 5.88. The average Bonchev–Trinajstić information content (AvgIpc) is 3.00. The summed E-state index contributed by atoms with van der Waals surface area (Å²) in [6.07, 6.45) is 15.2. The largest absolute Gasteiger partial charge is 0.477 e. The lowest BCUT2D eigenvalue weighted by atomic mass is 10.1. The molecule has 0 bridgehead atoms. The number of hydrogen-bond acceptors (Lipinski definition) is 4. The molecule has 0 aromatic carbocycles. The van der Waals surface area contributed by atoms with E-state index >= 15 is 0 Å². The van der Waals surface area contributed by atoms with E-state index in [1.807, 2.05) is 10.8 Å². The minimum atomic E-state index is 0.654. The first-order valence-electron chi connectivity index (χ1n) is 8.72. The van der Waals surface area contributed by atoms with Crippen LogP contribution in [0.15, 0.2) is 17.0 Å². The molecule has 22 heavy (non-hydrogen) atoms. The van der Waals surface area contributed by atoms with Crippen LogP contribution in [-0.4, -0.2) is 16.6 Å². The van der Waals surface area contributed by atoms with Gasteiger partial charge >= 0.3 is 0 Å². The molecule has 3 nitrogen and oxygen atoms in total. The molecule has 0 radical (unpaired) electrons. The Morgan fingerprint density at radius 2 is 1.50 bits per heavy atom. The monoisotopic (exact) mass is 320 g/mol. The predicted molar refractivity (Wildman–Crippen MR) is 94.8 cm³/mol. The van der Waals surface area contributed by atoms with Crippen molar-refractivity contribution >= 4 is 22.4 Å². The molecule has 0 aliphatic rings. The van der Waals surface area contributed by atoms with E-state index in [0.717, 1.165) is 24.1 Å². The second kappa shape index (κ2) is 10.5. The molecule has 2 aromatic rings. The second-order valence-corrected chi connectivity index (χ2v) is 6.62. The van der Waals surface area contributed by atoms with Gasteiger partial charge in [0, 0.05) is 10.8 Å². The third-order valence-electron chi connectivity index (χ3n) is 3.91. The summed E-state index contributed by atoms with van der Waals surface area (Å²) in [6, 6.07) is 0. The molecule has 122 valence electrons. The van der Waals surface area contributed by atoms with Crippen LogP contribution in [0.3, 0.4) is 0 Å². The van der Waals surface area contributed by atoms with E-state index in [0.29, 0.717) is 5.88 Å². The zero-order valence-corrected chi connectivity index (χ0v) is 14.5. The first-order chi connectivity index (χ1) is 10.9. The molecule has 0 atom stereocenters. The van der Waals surface area contributed by atoms with Gasteiger partial charge in [0.05, 0.1) is 18.3 Å². The Kier molecular flexibility index (Phi) is 8.24. The van der Waals surface area contributed by atoms with Crippen LogP contribution in [0.2, 0.25) is 0 Å². The summed E-state index contributed by atoms with van der Waals surface area (Å²) in [4.78, 5) is 8.78. The Bertz CT molecular complexity index is 527. The van der Waals surface area contributed by atoms with E-state index in [-0.39, 0.29) is 0 Å². The number of nitrogens with zero attached hydrogens (tertiary/aromatic N) is 2. The van der Waals surface area contributed by atoms with Gasteiger partial charge in [0.1, 0.15) is 5.52 Å². The summed E-state index contributed by atoms with van der Waals surface area (Å²) in [6.45, 7) is 3.02. The van der Waals surface area contributed by atoms with Gasteiger partial charge in [-0.25, -0.2) is 9.97 Å². The van der Waals surface area contributed by atoms with Gasteiger partial charge in [-0.15, -0.1) is 11.3 Å². The highest BCUT2D eigenvalue weighted by Crippen LogP contribution is 2.17. The van der Waals surface area contributed by atoms with Crippen LogP contribution in [-0.2, 0) is 0 Å². The SMILES string of the molecule is CCCCCCCCCCCCOc1cnc2cscc2n1. The van der Waals surface area contributed by atoms with E-state index in [2.05, 4.69) is 16.9 Å². The van der Waals surface area contributed by atoms with Gasteiger partial charge in [0.25, 0.3) is 0 Å². The van der Waals surface area contributed by atoms with Crippen LogP contribution in [0, 0.1) is 0 Å². The molecule has 0 amide bonds. The Hall–Kier alpha value is -1.16. The molecule has 0 fully saturated rings. The molecular weight excluding hydrogens is 292 g/mol. The van der Waals surface area contributed by atoms with Crippen LogP contribution < -0.4 is 4.74 Å². The van der Waals surface area contributed by atoms with Gasteiger partial charge in [0.15, 0.2) is 0 Å². The van der Waals surface area contributed by atoms with Crippen molar-refractivity contribution < 1.29 is 4.74 Å². The molecule has 0 aliphatic carbocycles. The first-order valence-corrected chi connectivity index (χ1v) is 9.66. The van der Waals surface area contributed by atoms with Crippen molar-refractivity contribution in [2.45, 2.75) is 71.1 Å². The molecule has 0 unspecified atom stereocenters. The number of hydrogen-bond donors (Lipinski definition) is 0. The molecular formula is C18H28N2OS. The molecule has 2 aromatic heterocycles.